The number of benzene rings is 1. The van der Waals surface area contributed by atoms with Crippen molar-refractivity contribution in [1.82, 2.24) is 4.31 Å². The van der Waals surface area contributed by atoms with E-state index in [2.05, 4.69) is 0 Å². The Hall–Kier alpha value is -1.11. The summed E-state index contributed by atoms with van der Waals surface area (Å²) in [6, 6.07) is 5.04. The molecule has 0 radical (unpaired) electrons. The largest absolute Gasteiger partial charge is 0.493 e. The van der Waals surface area contributed by atoms with Gasteiger partial charge in [-0.1, -0.05) is 0 Å². The minimum absolute atomic E-state index is 0.0439. The van der Waals surface area contributed by atoms with Gasteiger partial charge in [0, 0.05) is 25.6 Å². The lowest BCUT2D eigenvalue weighted by Crippen LogP contribution is -2.32. The van der Waals surface area contributed by atoms with Crippen molar-refractivity contribution < 1.29 is 13.2 Å². The molecule has 1 unspecified atom stereocenters. The monoisotopic (exact) mass is 268 g/mol. The molecule has 1 atom stereocenters. The van der Waals surface area contributed by atoms with Crippen molar-refractivity contribution in [1.29, 1.82) is 0 Å². The highest BCUT2D eigenvalue weighted by Gasteiger charge is 2.31. The second-order valence-corrected chi connectivity index (χ2v) is 6.72. The minimum Gasteiger partial charge on any atom is -0.493 e. The summed E-state index contributed by atoms with van der Waals surface area (Å²) in [7, 11) is -3.40. The molecule has 0 bridgehead atoms. The van der Waals surface area contributed by atoms with E-state index in [-0.39, 0.29) is 6.04 Å². The van der Waals surface area contributed by atoms with Crippen molar-refractivity contribution in [2.24, 2.45) is 5.73 Å². The Morgan fingerprint density at radius 3 is 2.94 bits per heavy atom. The Labute approximate surface area is 107 Å². The number of ether oxygens (including phenoxy) is 1. The number of hydrogen-bond acceptors (Lipinski definition) is 4. The van der Waals surface area contributed by atoms with Gasteiger partial charge in [0.05, 0.1) is 11.5 Å². The second-order valence-electron chi connectivity index (χ2n) is 4.78. The molecule has 2 heterocycles. The van der Waals surface area contributed by atoms with Crippen LogP contribution in [0.15, 0.2) is 23.1 Å². The molecule has 0 aliphatic carbocycles. The lowest BCUT2D eigenvalue weighted by atomic mass is 10.2. The Bertz CT molecular complexity index is 571. The molecule has 6 heteroatoms. The number of sulfonamides is 1. The van der Waals surface area contributed by atoms with Crippen molar-refractivity contribution in [2.45, 2.75) is 23.8 Å². The van der Waals surface area contributed by atoms with Gasteiger partial charge in [-0.25, -0.2) is 8.42 Å². The summed E-state index contributed by atoms with van der Waals surface area (Å²) in [6.07, 6.45) is 1.51. The molecule has 0 aromatic heterocycles. The molecule has 98 valence electrons. The van der Waals surface area contributed by atoms with E-state index < -0.39 is 10.0 Å². The van der Waals surface area contributed by atoms with Gasteiger partial charge in [-0.3, -0.25) is 0 Å². The van der Waals surface area contributed by atoms with Crippen molar-refractivity contribution in [3.63, 3.8) is 0 Å². The molecule has 2 N–H and O–H groups in total. The Morgan fingerprint density at radius 2 is 2.22 bits per heavy atom. The maximum absolute atomic E-state index is 12.4. The molecular formula is C12H16N2O3S. The van der Waals surface area contributed by atoms with Crippen LogP contribution in [0.5, 0.6) is 5.75 Å². The van der Waals surface area contributed by atoms with E-state index in [1.807, 2.05) is 0 Å². The highest BCUT2D eigenvalue weighted by molar-refractivity contribution is 7.89. The van der Waals surface area contributed by atoms with Crippen molar-refractivity contribution in [3.05, 3.63) is 23.8 Å². The highest BCUT2D eigenvalue weighted by atomic mass is 32.2. The maximum atomic E-state index is 12.4. The molecule has 18 heavy (non-hydrogen) atoms. The van der Waals surface area contributed by atoms with Gasteiger partial charge in [-0.2, -0.15) is 4.31 Å². The van der Waals surface area contributed by atoms with Crippen LogP contribution < -0.4 is 10.5 Å². The summed E-state index contributed by atoms with van der Waals surface area (Å²) >= 11 is 0. The fraction of sp³-hybridized carbons (Fsp3) is 0.500. The van der Waals surface area contributed by atoms with Crippen LogP contribution >= 0.6 is 0 Å². The molecule has 1 aromatic carbocycles. The van der Waals surface area contributed by atoms with Crippen LogP contribution in [0.3, 0.4) is 0 Å². The zero-order valence-electron chi connectivity index (χ0n) is 10.0. The molecule has 1 fully saturated rings. The van der Waals surface area contributed by atoms with Gasteiger partial charge in [-0.15, -0.1) is 0 Å². The van der Waals surface area contributed by atoms with Crippen molar-refractivity contribution in [2.75, 3.05) is 19.7 Å². The number of hydrogen-bond donors (Lipinski definition) is 1. The summed E-state index contributed by atoms with van der Waals surface area (Å²) < 4.78 is 31.7. The molecule has 1 aromatic rings. The van der Waals surface area contributed by atoms with Crippen LogP contribution in [0, 0.1) is 0 Å². The third-order valence-corrected chi connectivity index (χ3v) is 5.35. The van der Waals surface area contributed by atoms with Gasteiger partial charge >= 0.3 is 0 Å². The molecule has 2 aliphatic heterocycles. The van der Waals surface area contributed by atoms with Gasteiger partial charge in [0.25, 0.3) is 0 Å². The molecule has 0 amide bonds. The van der Waals surface area contributed by atoms with E-state index in [0.29, 0.717) is 24.6 Å². The molecule has 5 nitrogen and oxygen atoms in total. The lowest BCUT2D eigenvalue weighted by Gasteiger charge is -2.16. The van der Waals surface area contributed by atoms with Crippen LogP contribution in [-0.2, 0) is 16.4 Å². The first-order valence-corrected chi connectivity index (χ1v) is 7.53. The number of nitrogens with two attached hydrogens (primary N) is 1. The zero-order chi connectivity index (χ0) is 12.8. The summed E-state index contributed by atoms with van der Waals surface area (Å²) in [5.74, 6) is 0.798. The van der Waals surface area contributed by atoms with Gasteiger partial charge in [-0.05, 0) is 30.2 Å². The standard InChI is InChI=1S/C12H16N2O3S/c13-10-3-5-14(8-10)18(15,16)11-1-2-12-9(7-11)4-6-17-12/h1-2,7,10H,3-6,8,13H2. The first-order chi connectivity index (χ1) is 8.57. The summed E-state index contributed by atoms with van der Waals surface area (Å²) in [4.78, 5) is 0.348. The quantitative estimate of drug-likeness (QED) is 0.839. The second kappa shape index (κ2) is 4.22. The molecule has 3 rings (SSSR count). The Balaban J connectivity index is 1.94. The normalized spacial score (nSPS) is 23.9. The topological polar surface area (TPSA) is 72.6 Å². The minimum atomic E-state index is -3.40. The van der Waals surface area contributed by atoms with E-state index in [1.165, 1.54) is 4.31 Å². The summed E-state index contributed by atoms with van der Waals surface area (Å²) in [5.41, 5.74) is 6.74. The Morgan fingerprint density at radius 1 is 1.39 bits per heavy atom. The van der Waals surface area contributed by atoms with Crippen LogP contribution in [0.1, 0.15) is 12.0 Å². The average Bonchev–Trinajstić information content (AvgIpc) is 2.96. The predicted octanol–water partition coefficient (Wildman–Crippen LogP) is 0.343. The number of rotatable bonds is 2. The van der Waals surface area contributed by atoms with Crippen molar-refractivity contribution in [3.8, 4) is 5.75 Å². The Kier molecular flexibility index (Phi) is 2.80. The maximum Gasteiger partial charge on any atom is 0.243 e. The van der Waals surface area contributed by atoms with Gasteiger partial charge in [0.1, 0.15) is 5.75 Å². The number of fused-ring (bicyclic) bond motifs is 1. The first-order valence-electron chi connectivity index (χ1n) is 6.09. The van der Waals surface area contributed by atoms with E-state index in [1.54, 1.807) is 18.2 Å². The van der Waals surface area contributed by atoms with Crippen LogP contribution in [0.25, 0.3) is 0 Å². The third-order valence-electron chi connectivity index (χ3n) is 3.49. The van der Waals surface area contributed by atoms with Gasteiger partial charge < -0.3 is 10.5 Å². The molecule has 2 aliphatic rings. The highest BCUT2D eigenvalue weighted by Crippen LogP contribution is 2.29. The molecule has 0 spiro atoms. The summed E-state index contributed by atoms with van der Waals surface area (Å²) in [5, 5.41) is 0. The lowest BCUT2D eigenvalue weighted by molar-refractivity contribution is 0.356. The molecule has 1 saturated heterocycles. The van der Waals surface area contributed by atoms with E-state index in [4.69, 9.17) is 10.5 Å². The predicted molar refractivity (Wildman–Crippen MR) is 67.0 cm³/mol. The fourth-order valence-corrected chi connectivity index (χ4v) is 4.01. The number of nitrogens with zero attached hydrogens (tertiary/aromatic N) is 1. The smallest absolute Gasteiger partial charge is 0.243 e. The van der Waals surface area contributed by atoms with Crippen LogP contribution in [-0.4, -0.2) is 38.5 Å². The third kappa shape index (κ3) is 1.90. The summed E-state index contributed by atoms with van der Waals surface area (Å²) in [6.45, 7) is 1.56. The van der Waals surface area contributed by atoms with Crippen LogP contribution in [0.2, 0.25) is 0 Å². The molecular weight excluding hydrogens is 252 g/mol. The van der Waals surface area contributed by atoms with Gasteiger partial charge in [0.15, 0.2) is 0 Å². The SMILES string of the molecule is NC1CCN(S(=O)(=O)c2ccc3c(c2)CCO3)C1. The van der Waals surface area contributed by atoms with Gasteiger partial charge in [0.2, 0.25) is 10.0 Å². The van der Waals surface area contributed by atoms with E-state index in [0.717, 1.165) is 24.2 Å². The molecule has 0 saturated carbocycles. The van der Waals surface area contributed by atoms with E-state index >= 15 is 0 Å². The zero-order valence-corrected chi connectivity index (χ0v) is 10.8. The van der Waals surface area contributed by atoms with Crippen LogP contribution in [0.4, 0.5) is 0 Å². The average molecular weight is 268 g/mol. The first kappa shape index (κ1) is 12.0. The van der Waals surface area contributed by atoms with E-state index in [9.17, 15) is 8.42 Å². The van der Waals surface area contributed by atoms with Crippen molar-refractivity contribution >= 4 is 10.0 Å². The fourth-order valence-electron chi connectivity index (χ4n) is 2.44.